The molecule has 0 saturated heterocycles. The Kier molecular flexibility index (Phi) is 5.36. The van der Waals surface area contributed by atoms with Crippen LogP contribution in [0.2, 0.25) is 0 Å². The monoisotopic (exact) mass is 393 g/mol. The molecule has 1 N–H and O–H groups in total. The number of carbonyl (C=O) groups excluding carboxylic acids is 2. The molecule has 1 aliphatic rings. The summed E-state index contributed by atoms with van der Waals surface area (Å²) in [6.07, 6.45) is 2.28. The lowest BCUT2D eigenvalue weighted by molar-refractivity contribution is -0.123. The van der Waals surface area contributed by atoms with Crippen LogP contribution in [-0.4, -0.2) is 25.1 Å². The molecule has 29 heavy (non-hydrogen) atoms. The van der Waals surface area contributed by atoms with Crippen LogP contribution in [-0.2, 0) is 33.7 Å². The number of fused-ring (bicyclic) bond motifs is 2. The summed E-state index contributed by atoms with van der Waals surface area (Å²) in [5.41, 5.74) is 4.49. The number of aryl methyl sites for hydroxylation is 2. The topological polar surface area (TPSA) is 77.8 Å². The maximum absolute atomic E-state index is 12.7. The summed E-state index contributed by atoms with van der Waals surface area (Å²) < 4.78 is 16.3. The van der Waals surface area contributed by atoms with Gasteiger partial charge in [-0.2, -0.15) is 0 Å². The van der Waals surface area contributed by atoms with Gasteiger partial charge in [0.25, 0.3) is 5.91 Å². The molecule has 6 heteroatoms. The third kappa shape index (κ3) is 3.89. The number of amides is 1. The van der Waals surface area contributed by atoms with Gasteiger partial charge in [0.1, 0.15) is 5.58 Å². The van der Waals surface area contributed by atoms with E-state index >= 15 is 0 Å². The third-order valence-electron chi connectivity index (χ3n) is 5.19. The van der Waals surface area contributed by atoms with E-state index in [1.165, 1.54) is 11.1 Å². The van der Waals surface area contributed by atoms with Crippen LogP contribution in [0.25, 0.3) is 11.0 Å². The first-order chi connectivity index (χ1) is 14.1. The average Bonchev–Trinajstić information content (AvgIpc) is 3.32. The highest BCUT2D eigenvalue weighted by Gasteiger charge is 2.26. The van der Waals surface area contributed by atoms with Crippen molar-refractivity contribution in [3.63, 3.8) is 0 Å². The van der Waals surface area contributed by atoms with Gasteiger partial charge in [0.2, 0.25) is 5.76 Å². The van der Waals surface area contributed by atoms with Gasteiger partial charge in [-0.1, -0.05) is 24.3 Å². The van der Waals surface area contributed by atoms with Crippen molar-refractivity contribution in [3.05, 3.63) is 64.9 Å². The molecule has 0 fully saturated rings. The SMILES string of the molecule is COCc1c(C(=O)O[C@H](C)C(=O)Nc2ccc3c(c2)CCC3)oc2ccccc12. The number of ether oxygens (including phenoxy) is 2. The van der Waals surface area contributed by atoms with Crippen molar-refractivity contribution in [1.29, 1.82) is 0 Å². The van der Waals surface area contributed by atoms with Crippen LogP contribution in [0.4, 0.5) is 5.69 Å². The third-order valence-corrected chi connectivity index (χ3v) is 5.19. The minimum absolute atomic E-state index is 0.0604. The molecular formula is C23H23NO5. The van der Waals surface area contributed by atoms with Crippen LogP contribution < -0.4 is 5.32 Å². The van der Waals surface area contributed by atoms with Gasteiger partial charge in [-0.25, -0.2) is 4.79 Å². The first-order valence-corrected chi connectivity index (χ1v) is 9.70. The van der Waals surface area contributed by atoms with Crippen molar-refractivity contribution >= 4 is 28.5 Å². The molecule has 1 atom stereocenters. The zero-order valence-electron chi connectivity index (χ0n) is 16.5. The molecule has 1 amide bonds. The van der Waals surface area contributed by atoms with Gasteiger partial charge >= 0.3 is 5.97 Å². The Labute approximate surface area is 168 Å². The highest BCUT2D eigenvalue weighted by Crippen LogP contribution is 2.28. The van der Waals surface area contributed by atoms with Gasteiger partial charge in [0.05, 0.1) is 6.61 Å². The number of hydrogen-bond acceptors (Lipinski definition) is 5. The Morgan fingerprint density at radius 3 is 2.76 bits per heavy atom. The molecule has 6 nitrogen and oxygen atoms in total. The van der Waals surface area contributed by atoms with Gasteiger partial charge in [0.15, 0.2) is 6.10 Å². The standard InChI is InChI=1S/C23H23NO5/c1-14(22(25)24-17-11-10-15-6-5-7-16(15)12-17)28-23(26)21-19(13-27-2)18-8-3-4-9-20(18)29-21/h3-4,8-12,14H,5-7,13H2,1-2H3,(H,24,25)/t14-/m1/s1. The first kappa shape index (κ1) is 19.2. The smallest absolute Gasteiger partial charge is 0.375 e. The molecule has 3 aromatic rings. The summed E-state index contributed by atoms with van der Waals surface area (Å²) in [5, 5.41) is 3.61. The Hall–Kier alpha value is -3.12. The molecular weight excluding hydrogens is 370 g/mol. The molecule has 1 heterocycles. The summed E-state index contributed by atoms with van der Waals surface area (Å²) in [6, 6.07) is 13.2. The van der Waals surface area contributed by atoms with Gasteiger partial charge in [-0.15, -0.1) is 0 Å². The van der Waals surface area contributed by atoms with Crippen molar-refractivity contribution in [2.45, 2.75) is 38.9 Å². The number of benzene rings is 2. The predicted octanol–water partition coefficient (Wildman–Crippen LogP) is 4.25. The van der Waals surface area contributed by atoms with Gasteiger partial charge in [-0.3, -0.25) is 4.79 Å². The highest BCUT2D eigenvalue weighted by molar-refractivity contribution is 5.99. The summed E-state index contributed by atoms with van der Waals surface area (Å²) in [7, 11) is 1.55. The van der Waals surface area contributed by atoms with Crippen LogP contribution in [0.5, 0.6) is 0 Å². The Morgan fingerprint density at radius 2 is 1.93 bits per heavy atom. The van der Waals surface area contributed by atoms with E-state index in [-0.39, 0.29) is 18.3 Å². The zero-order valence-corrected chi connectivity index (χ0v) is 16.5. The number of furan rings is 1. The minimum atomic E-state index is -0.973. The Bertz CT molecular complexity index is 1070. The van der Waals surface area contributed by atoms with E-state index in [4.69, 9.17) is 13.9 Å². The Morgan fingerprint density at radius 1 is 1.14 bits per heavy atom. The van der Waals surface area contributed by atoms with Crippen molar-refractivity contribution in [3.8, 4) is 0 Å². The fourth-order valence-corrected chi connectivity index (χ4v) is 3.71. The largest absolute Gasteiger partial charge is 0.449 e. The number of rotatable bonds is 6. The fraction of sp³-hybridized carbons (Fsp3) is 0.304. The molecule has 0 unspecified atom stereocenters. The van der Waals surface area contributed by atoms with Gasteiger partial charge < -0.3 is 19.2 Å². The van der Waals surface area contributed by atoms with Crippen molar-refractivity contribution in [1.82, 2.24) is 0 Å². The van der Waals surface area contributed by atoms with Gasteiger partial charge in [0, 0.05) is 23.7 Å². The summed E-state index contributed by atoms with van der Waals surface area (Å²) in [5.74, 6) is -1.02. The molecule has 0 radical (unpaired) electrons. The maximum atomic E-state index is 12.7. The van der Waals surface area contributed by atoms with E-state index in [1.807, 2.05) is 36.4 Å². The van der Waals surface area contributed by atoms with Gasteiger partial charge in [-0.05, 0) is 55.5 Å². The van der Waals surface area contributed by atoms with Crippen LogP contribution in [0, 0.1) is 0 Å². The summed E-state index contributed by atoms with van der Waals surface area (Å²) in [4.78, 5) is 25.2. The molecule has 4 rings (SSSR count). The second-order valence-electron chi connectivity index (χ2n) is 7.21. The molecule has 0 aliphatic heterocycles. The minimum Gasteiger partial charge on any atom is -0.449 e. The fourth-order valence-electron chi connectivity index (χ4n) is 3.71. The Balaban J connectivity index is 1.47. The number of para-hydroxylation sites is 1. The van der Waals surface area contributed by atoms with Crippen molar-refractivity contribution in [2.24, 2.45) is 0 Å². The molecule has 0 bridgehead atoms. The molecule has 1 aliphatic carbocycles. The van der Waals surface area contributed by atoms with Crippen LogP contribution in [0.15, 0.2) is 46.9 Å². The van der Waals surface area contributed by atoms with Crippen molar-refractivity contribution in [2.75, 3.05) is 12.4 Å². The first-order valence-electron chi connectivity index (χ1n) is 9.70. The number of esters is 1. The zero-order chi connectivity index (χ0) is 20.4. The second-order valence-corrected chi connectivity index (χ2v) is 7.21. The molecule has 150 valence electrons. The number of nitrogens with one attached hydrogen (secondary N) is 1. The van der Waals surface area contributed by atoms with Crippen LogP contribution in [0.1, 0.15) is 40.6 Å². The summed E-state index contributed by atoms with van der Waals surface area (Å²) in [6.45, 7) is 1.75. The lowest BCUT2D eigenvalue weighted by atomic mass is 10.1. The molecule has 0 spiro atoms. The van der Waals surface area contributed by atoms with E-state index < -0.39 is 12.1 Å². The van der Waals surface area contributed by atoms with Crippen molar-refractivity contribution < 1.29 is 23.5 Å². The average molecular weight is 393 g/mol. The highest BCUT2D eigenvalue weighted by atomic mass is 16.6. The molecule has 0 saturated carbocycles. The quantitative estimate of drug-likeness (QED) is 0.634. The summed E-state index contributed by atoms with van der Waals surface area (Å²) >= 11 is 0. The number of methoxy groups -OCH3 is 1. The maximum Gasteiger partial charge on any atom is 0.375 e. The number of hydrogen-bond donors (Lipinski definition) is 1. The van der Waals surface area contributed by atoms with E-state index in [1.54, 1.807) is 20.1 Å². The number of anilines is 1. The van der Waals surface area contributed by atoms with E-state index in [2.05, 4.69) is 5.32 Å². The normalized spacial score (nSPS) is 13.9. The lowest BCUT2D eigenvalue weighted by Gasteiger charge is -2.14. The lowest BCUT2D eigenvalue weighted by Crippen LogP contribution is -2.30. The predicted molar refractivity (Wildman–Crippen MR) is 109 cm³/mol. The molecule has 2 aromatic carbocycles. The van der Waals surface area contributed by atoms with E-state index in [0.29, 0.717) is 16.8 Å². The van der Waals surface area contributed by atoms with Crippen LogP contribution >= 0.6 is 0 Å². The van der Waals surface area contributed by atoms with E-state index in [9.17, 15) is 9.59 Å². The molecule has 1 aromatic heterocycles. The number of carbonyl (C=O) groups is 2. The van der Waals surface area contributed by atoms with E-state index in [0.717, 1.165) is 24.6 Å². The second kappa shape index (κ2) is 8.09. The van der Waals surface area contributed by atoms with Crippen LogP contribution in [0.3, 0.4) is 0 Å².